The smallest absolute Gasteiger partial charge is 0.0434 e. The van der Waals surface area contributed by atoms with E-state index in [0.29, 0.717) is 5.92 Å². The Balaban J connectivity index is 2.12. The van der Waals surface area contributed by atoms with Gasteiger partial charge in [0.2, 0.25) is 0 Å². The highest BCUT2D eigenvalue weighted by molar-refractivity contribution is 5.11. The Labute approximate surface area is 80.2 Å². The molecule has 0 aromatic carbocycles. The summed E-state index contributed by atoms with van der Waals surface area (Å²) >= 11 is 0. The van der Waals surface area contributed by atoms with Crippen LogP contribution < -0.4 is 0 Å². The monoisotopic (exact) mass is 175 g/mol. The second-order valence-corrected chi connectivity index (χ2v) is 4.38. The molecule has 0 spiro atoms. The summed E-state index contributed by atoms with van der Waals surface area (Å²) in [7, 11) is 0. The van der Waals surface area contributed by atoms with Crippen LogP contribution in [0.4, 0.5) is 0 Å². The average molecular weight is 175 g/mol. The number of hydrogen-bond acceptors (Lipinski definition) is 1. The van der Waals surface area contributed by atoms with E-state index >= 15 is 0 Å². The molecule has 1 aromatic rings. The van der Waals surface area contributed by atoms with Crippen LogP contribution in [-0.4, -0.2) is 4.98 Å². The van der Waals surface area contributed by atoms with E-state index in [1.807, 2.05) is 12.3 Å². The zero-order valence-corrected chi connectivity index (χ0v) is 8.40. The van der Waals surface area contributed by atoms with Crippen molar-refractivity contribution >= 4 is 0 Å². The number of rotatable bonds is 1. The van der Waals surface area contributed by atoms with E-state index in [2.05, 4.69) is 31.0 Å². The van der Waals surface area contributed by atoms with E-state index in [1.165, 1.54) is 18.5 Å². The van der Waals surface area contributed by atoms with Crippen molar-refractivity contribution in [3.63, 3.8) is 0 Å². The lowest BCUT2D eigenvalue weighted by atomic mass is 10.0. The van der Waals surface area contributed by atoms with Crippen LogP contribution in [0, 0.1) is 11.8 Å². The zero-order chi connectivity index (χ0) is 9.26. The van der Waals surface area contributed by atoms with Crippen molar-refractivity contribution in [2.45, 2.75) is 32.6 Å². The summed E-state index contributed by atoms with van der Waals surface area (Å²) in [5.74, 6) is 2.45. The fourth-order valence-corrected chi connectivity index (χ4v) is 2.32. The van der Waals surface area contributed by atoms with Gasteiger partial charge in [0.15, 0.2) is 0 Å². The average Bonchev–Trinajstić information content (AvgIpc) is 2.49. The highest BCUT2D eigenvalue weighted by Crippen LogP contribution is 2.40. The maximum absolute atomic E-state index is 4.43. The van der Waals surface area contributed by atoms with Gasteiger partial charge in [-0.15, -0.1) is 0 Å². The molecule has 1 fully saturated rings. The summed E-state index contributed by atoms with van der Waals surface area (Å²) in [6.07, 6.45) is 4.54. The summed E-state index contributed by atoms with van der Waals surface area (Å²) < 4.78 is 0. The van der Waals surface area contributed by atoms with Gasteiger partial charge in [-0.2, -0.15) is 0 Å². The zero-order valence-electron chi connectivity index (χ0n) is 8.40. The second kappa shape index (κ2) is 3.49. The maximum Gasteiger partial charge on any atom is 0.0434 e. The first-order valence-electron chi connectivity index (χ1n) is 5.18. The molecule has 1 aromatic heterocycles. The molecular weight excluding hydrogens is 158 g/mol. The van der Waals surface area contributed by atoms with E-state index in [-0.39, 0.29) is 0 Å². The molecule has 1 saturated carbocycles. The third-order valence-electron chi connectivity index (χ3n) is 3.39. The van der Waals surface area contributed by atoms with Gasteiger partial charge in [0.25, 0.3) is 0 Å². The highest BCUT2D eigenvalue weighted by atomic mass is 14.7. The maximum atomic E-state index is 4.43. The molecule has 70 valence electrons. The van der Waals surface area contributed by atoms with E-state index in [4.69, 9.17) is 0 Å². The minimum absolute atomic E-state index is 0.714. The molecule has 13 heavy (non-hydrogen) atoms. The minimum Gasteiger partial charge on any atom is -0.261 e. The van der Waals surface area contributed by atoms with E-state index in [0.717, 1.165) is 11.8 Å². The van der Waals surface area contributed by atoms with Gasteiger partial charge in [0.1, 0.15) is 0 Å². The van der Waals surface area contributed by atoms with Crippen LogP contribution in [0.15, 0.2) is 24.4 Å². The molecule has 2 rings (SSSR count). The molecule has 0 bridgehead atoms. The molecule has 0 N–H and O–H groups in total. The molecule has 1 heteroatoms. The van der Waals surface area contributed by atoms with Crippen molar-refractivity contribution in [1.29, 1.82) is 0 Å². The van der Waals surface area contributed by atoms with Gasteiger partial charge < -0.3 is 0 Å². The van der Waals surface area contributed by atoms with Crippen LogP contribution in [0.25, 0.3) is 0 Å². The van der Waals surface area contributed by atoms with Crippen molar-refractivity contribution in [3.8, 4) is 0 Å². The van der Waals surface area contributed by atoms with Gasteiger partial charge in [-0.3, -0.25) is 4.98 Å². The molecule has 0 radical (unpaired) electrons. The highest BCUT2D eigenvalue weighted by Gasteiger charge is 2.29. The van der Waals surface area contributed by atoms with Crippen LogP contribution in [-0.2, 0) is 0 Å². The standard InChI is InChI=1S/C12H17N/c1-9-7-11(8-10(9)2)12-5-3-4-6-13-12/h3-6,9-11H,7-8H2,1-2H3. The Morgan fingerprint density at radius 3 is 2.38 bits per heavy atom. The van der Waals surface area contributed by atoms with Crippen LogP contribution in [0.1, 0.15) is 38.3 Å². The van der Waals surface area contributed by atoms with E-state index in [1.54, 1.807) is 0 Å². The molecule has 1 aliphatic rings. The summed E-state index contributed by atoms with van der Waals surface area (Å²) in [4.78, 5) is 4.43. The number of nitrogens with zero attached hydrogens (tertiary/aromatic N) is 1. The van der Waals surface area contributed by atoms with E-state index in [9.17, 15) is 0 Å². The lowest BCUT2D eigenvalue weighted by molar-refractivity contribution is 0.457. The molecule has 2 unspecified atom stereocenters. The summed E-state index contributed by atoms with van der Waals surface area (Å²) in [6.45, 7) is 4.71. The molecule has 0 aliphatic heterocycles. The van der Waals surface area contributed by atoms with Crippen molar-refractivity contribution in [2.24, 2.45) is 11.8 Å². The molecule has 1 aliphatic carbocycles. The number of hydrogen-bond donors (Lipinski definition) is 0. The topological polar surface area (TPSA) is 12.9 Å². The Morgan fingerprint density at radius 1 is 1.15 bits per heavy atom. The van der Waals surface area contributed by atoms with Crippen molar-refractivity contribution in [3.05, 3.63) is 30.1 Å². The summed E-state index contributed by atoms with van der Waals surface area (Å²) in [5.41, 5.74) is 1.29. The first kappa shape index (κ1) is 8.74. The van der Waals surface area contributed by atoms with Gasteiger partial charge in [0, 0.05) is 17.8 Å². The quantitative estimate of drug-likeness (QED) is 0.638. The SMILES string of the molecule is CC1CC(c2ccccn2)CC1C. The van der Waals surface area contributed by atoms with Gasteiger partial charge in [-0.1, -0.05) is 19.9 Å². The first-order chi connectivity index (χ1) is 6.27. The predicted molar refractivity (Wildman–Crippen MR) is 54.5 cm³/mol. The number of pyridine rings is 1. The number of aromatic nitrogens is 1. The third-order valence-corrected chi connectivity index (χ3v) is 3.39. The fourth-order valence-electron chi connectivity index (χ4n) is 2.32. The third kappa shape index (κ3) is 1.74. The van der Waals surface area contributed by atoms with Gasteiger partial charge >= 0.3 is 0 Å². The largest absolute Gasteiger partial charge is 0.261 e. The molecule has 1 nitrogen and oxygen atoms in total. The second-order valence-electron chi connectivity index (χ2n) is 4.38. The normalized spacial score (nSPS) is 33.5. The van der Waals surface area contributed by atoms with Crippen LogP contribution >= 0.6 is 0 Å². The lowest BCUT2D eigenvalue weighted by Crippen LogP contribution is -1.95. The minimum atomic E-state index is 0.714. The lowest BCUT2D eigenvalue weighted by Gasteiger charge is -2.07. The van der Waals surface area contributed by atoms with Crippen molar-refractivity contribution in [1.82, 2.24) is 4.98 Å². The van der Waals surface area contributed by atoms with Crippen molar-refractivity contribution < 1.29 is 0 Å². The molecule has 0 amide bonds. The Hall–Kier alpha value is -0.850. The Morgan fingerprint density at radius 2 is 1.85 bits per heavy atom. The molecule has 0 saturated heterocycles. The van der Waals surface area contributed by atoms with Gasteiger partial charge in [0.05, 0.1) is 0 Å². The van der Waals surface area contributed by atoms with Gasteiger partial charge in [-0.05, 0) is 36.8 Å². The Bertz CT molecular complexity index is 258. The van der Waals surface area contributed by atoms with Crippen LogP contribution in [0.2, 0.25) is 0 Å². The van der Waals surface area contributed by atoms with Gasteiger partial charge in [-0.25, -0.2) is 0 Å². The van der Waals surface area contributed by atoms with E-state index < -0.39 is 0 Å². The molecular formula is C12H17N. The fraction of sp³-hybridized carbons (Fsp3) is 0.583. The van der Waals surface area contributed by atoms with Crippen LogP contribution in [0.3, 0.4) is 0 Å². The first-order valence-corrected chi connectivity index (χ1v) is 5.18. The summed E-state index contributed by atoms with van der Waals surface area (Å²) in [5, 5.41) is 0. The van der Waals surface area contributed by atoms with Crippen molar-refractivity contribution in [2.75, 3.05) is 0 Å². The summed E-state index contributed by atoms with van der Waals surface area (Å²) in [6, 6.07) is 6.25. The Kier molecular flexibility index (Phi) is 2.34. The molecule has 1 heterocycles. The van der Waals surface area contributed by atoms with Crippen LogP contribution in [0.5, 0.6) is 0 Å². The molecule has 2 atom stereocenters. The predicted octanol–water partition coefficient (Wildman–Crippen LogP) is 3.23.